The van der Waals surface area contributed by atoms with Crippen LogP contribution in [0.15, 0.2) is 0 Å². The van der Waals surface area contributed by atoms with Crippen LogP contribution in [0.25, 0.3) is 0 Å². The number of anilines is 1. The number of methoxy groups -OCH3 is 3. The summed E-state index contributed by atoms with van der Waals surface area (Å²) in [6.45, 7) is 7.24. The maximum Gasteiger partial charge on any atom is 0.412 e. The molecule has 1 amide bonds. The zero-order valence-electron chi connectivity index (χ0n) is 15.0. The highest BCUT2D eigenvalue weighted by molar-refractivity contribution is 14.1. The lowest BCUT2D eigenvalue weighted by atomic mass is 10.1. The van der Waals surface area contributed by atoms with E-state index in [0.29, 0.717) is 32.1 Å². The van der Waals surface area contributed by atoms with E-state index < -0.39 is 11.7 Å². The molecule has 0 aliphatic heterocycles. The van der Waals surface area contributed by atoms with Gasteiger partial charge in [0.15, 0.2) is 18.3 Å². The molecule has 0 saturated heterocycles. The smallest absolute Gasteiger partial charge is 0.412 e. The fraction of sp³-hybridized carbons (Fsp3) is 0.562. The summed E-state index contributed by atoms with van der Waals surface area (Å²) in [7, 11) is 4.59. The van der Waals surface area contributed by atoms with E-state index in [-0.39, 0.29) is 6.79 Å². The summed E-state index contributed by atoms with van der Waals surface area (Å²) in [4.78, 5) is 12.2. The van der Waals surface area contributed by atoms with Crippen molar-refractivity contribution in [3.63, 3.8) is 0 Å². The molecular weight excluding hydrogens is 429 g/mol. The molecule has 136 valence electrons. The van der Waals surface area contributed by atoms with Crippen LogP contribution in [-0.4, -0.2) is 39.8 Å². The van der Waals surface area contributed by atoms with Gasteiger partial charge in [-0.25, -0.2) is 4.79 Å². The molecule has 1 rings (SSSR count). The second-order valence-electron chi connectivity index (χ2n) is 5.89. The van der Waals surface area contributed by atoms with Crippen molar-refractivity contribution in [3.8, 4) is 17.2 Å². The Morgan fingerprint density at radius 3 is 2.12 bits per heavy atom. The van der Waals surface area contributed by atoms with E-state index in [1.165, 1.54) is 14.2 Å². The van der Waals surface area contributed by atoms with E-state index >= 15 is 0 Å². The van der Waals surface area contributed by atoms with Gasteiger partial charge >= 0.3 is 6.09 Å². The average molecular weight is 453 g/mol. The van der Waals surface area contributed by atoms with Gasteiger partial charge in [-0.15, -0.1) is 0 Å². The molecule has 0 unspecified atom stereocenters. The number of carbonyl (C=O) groups excluding carboxylic acids is 1. The number of halogens is 1. The van der Waals surface area contributed by atoms with Gasteiger partial charge in [0, 0.05) is 12.7 Å². The predicted molar refractivity (Wildman–Crippen MR) is 99.4 cm³/mol. The predicted octanol–water partition coefficient (Wildman–Crippen LogP) is 3.95. The van der Waals surface area contributed by atoms with Crippen LogP contribution in [0.3, 0.4) is 0 Å². The number of ether oxygens (including phenoxy) is 5. The van der Waals surface area contributed by atoms with Gasteiger partial charge in [0.1, 0.15) is 17.0 Å². The molecule has 0 spiro atoms. The summed E-state index contributed by atoms with van der Waals surface area (Å²) in [5, 5.41) is 2.73. The number of rotatable bonds is 6. The monoisotopic (exact) mass is 453 g/mol. The molecule has 0 saturated carbocycles. The molecular formula is C16H24INO6. The summed E-state index contributed by atoms with van der Waals surface area (Å²) >= 11 is 2.06. The van der Waals surface area contributed by atoms with Gasteiger partial charge < -0.3 is 23.7 Å². The molecule has 0 heterocycles. The highest BCUT2D eigenvalue weighted by Gasteiger charge is 2.26. The van der Waals surface area contributed by atoms with Gasteiger partial charge in [-0.2, -0.15) is 0 Å². The number of hydrogen-bond donors (Lipinski definition) is 1. The third-order valence-electron chi connectivity index (χ3n) is 2.89. The number of amides is 1. The third-order valence-corrected chi connectivity index (χ3v) is 3.92. The minimum atomic E-state index is -0.611. The van der Waals surface area contributed by atoms with Crippen molar-refractivity contribution >= 4 is 34.4 Å². The molecule has 0 aromatic heterocycles. The van der Waals surface area contributed by atoms with Crippen LogP contribution in [0.5, 0.6) is 17.2 Å². The highest BCUT2D eigenvalue weighted by Crippen LogP contribution is 2.47. The number of carbonyl (C=O) groups is 1. The first-order valence-corrected chi connectivity index (χ1v) is 8.29. The van der Waals surface area contributed by atoms with Crippen molar-refractivity contribution in [2.75, 3.05) is 33.4 Å². The molecule has 0 aliphatic carbocycles. The third kappa shape index (κ3) is 5.04. The Kier molecular flexibility index (Phi) is 7.40. The largest absolute Gasteiger partial charge is 0.494 e. The molecule has 0 fully saturated rings. The maximum absolute atomic E-state index is 12.2. The summed E-state index contributed by atoms with van der Waals surface area (Å²) in [6.07, 6.45) is -0.582. The number of hydrogen-bond acceptors (Lipinski definition) is 6. The molecule has 24 heavy (non-hydrogen) atoms. The Labute approximate surface area is 156 Å². The molecule has 0 atom stereocenters. The molecule has 0 bridgehead atoms. The van der Waals surface area contributed by atoms with Gasteiger partial charge in [-0.3, -0.25) is 5.32 Å². The lowest BCUT2D eigenvalue weighted by Gasteiger charge is -2.23. The Hall–Kier alpha value is -1.42. The van der Waals surface area contributed by atoms with Gasteiger partial charge in [0.25, 0.3) is 0 Å². The van der Waals surface area contributed by atoms with Crippen LogP contribution in [0.4, 0.5) is 10.5 Å². The molecule has 0 radical (unpaired) electrons. The van der Waals surface area contributed by atoms with Crippen molar-refractivity contribution in [2.45, 2.75) is 33.3 Å². The zero-order valence-corrected chi connectivity index (χ0v) is 17.2. The summed E-state index contributed by atoms with van der Waals surface area (Å²) < 4.78 is 27.4. The van der Waals surface area contributed by atoms with E-state index in [1.54, 1.807) is 27.9 Å². The van der Waals surface area contributed by atoms with Crippen molar-refractivity contribution in [3.05, 3.63) is 9.13 Å². The Morgan fingerprint density at radius 2 is 1.67 bits per heavy atom. The minimum absolute atomic E-state index is 0.0456. The van der Waals surface area contributed by atoms with Gasteiger partial charge in [-0.05, 0) is 50.3 Å². The van der Waals surface area contributed by atoms with Gasteiger partial charge in [0.05, 0.1) is 17.8 Å². The highest BCUT2D eigenvalue weighted by atomic mass is 127. The summed E-state index contributed by atoms with van der Waals surface area (Å²) in [6, 6.07) is 0. The van der Waals surface area contributed by atoms with Crippen molar-refractivity contribution in [2.24, 2.45) is 0 Å². The van der Waals surface area contributed by atoms with E-state index in [2.05, 4.69) is 27.9 Å². The molecule has 7 nitrogen and oxygen atoms in total. The number of nitrogens with one attached hydrogen (secondary N) is 1. The molecule has 8 heteroatoms. The second-order valence-corrected chi connectivity index (χ2v) is 6.97. The van der Waals surface area contributed by atoms with Crippen LogP contribution >= 0.6 is 22.6 Å². The van der Waals surface area contributed by atoms with E-state index in [9.17, 15) is 4.79 Å². The van der Waals surface area contributed by atoms with Crippen LogP contribution in [0.2, 0.25) is 0 Å². The fourth-order valence-electron chi connectivity index (χ4n) is 2.04. The molecule has 1 aromatic rings. The van der Waals surface area contributed by atoms with Crippen LogP contribution in [0, 0.1) is 10.5 Å². The second kappa shape index (κ2) is 8.61. The Balaban J connectivity index is 3.36. The van der Waals surface area contributed by atoms with E-state index in [0.717, 1.165) is 0 Å². The quantitative estimate of drug-likeness (QED) is 0.520. The molecule has 1 N–H and O–H groups in total. The topological polar surface area (TPSA) is 75.3 Å². The van der Waals surface area contributed by atoms with E-state index in [4.69, 9.17) is 23.7 Å². The lowest BCUT2D eigenvalue weighted by molar-refractivity contribution is 0.0484. The van der Waals surface area contributed by atoms with Gasteiger partial charge in [-0.1, -0.05) is 0 Å². The zero-order chi connectivity index (χ0) is 18.5. The van der Waals surface area contributed by atoms with Crippen LogP contribution in [-0.2, 0) is 9.47 Å². The SMILES string of the molecule is COCOc1c(I)c(NC(=O)OC(C)(C)C)c(OC)c(C)c1OC. The van der Waals surface area contributed by atoms with Crippen molar-refractivity contribution in [1.82, 2.24) is 0 Å². The molecule has 0 aliphatic rings. The van der Waals surface area contributed by atoms with Gasteiger partial charge in [0.2, 0.25) is 0 Å². The first-order chi connectivity index (χ1) is 11.2. The van der Waals surface area contributed by atoms with Crippen LogP contribution < -0.4 is 19.5 Å². The summed E-state index contributed by atoms with van der Waals surface area (Å²) in [5.74, 6) is 1.46. The summed E-state index contributed by atoms with van der Waals surface area (Å²) in [5.41, 5.74) is 0.536. The number of benzene rings is 1. The lowest BCUT2D eigenvalue weighted by Crippen LogP contribution is -2.27. The van der Waals surface area contributed by atoms with E-state index in [1.807, 2.05) is 6.92 Å². The maximum atomic E-state index is 12.2. The minimum Gasteiger partial charge on any atom is -0.494 e. The van der Waals surface area contributed by atoms with Crippen LogP contribution in [0.1, 0.15) is 26.3 Å². The van der Waals surface area contributed by atoms with Crippen molar-refractivity contribution < 1.29 is 28.5 Å². The van der Waals surface area contributed by atoms with Crippen molar-refractivity contribution in [1.29, 1.82) is 0 Å². The Bertz CT molecular complexity index is 597. The normalized spacial score (nSPS) is 11.0. The Morgan fingerprint density at radius 1 is 1.08 bits per heavy atom. The first-order valence-electron chi connectivity index (χ1n) is 7.22. The average Bonchev–Trinajstić information content (AvgIpc) is 2.47. The molecule has 1 aromatic carbocycles. The standard InChI is InChI=1S/C16H24INO6/c1-9-12(21-6)11(18-15(19)24-16(2,3)4)10(17)14(13(9)22-7)23-8-20-5/h8H2,1-7H3,(H,18,19). The first kappa shape index (κ1) is 20.6. The fourth-order valence-corrected chi connectivity index (χ4v) is 2.82.